The second-order valence-electron chi connectivity index (χ2n) is 5.49. The Kier molecular flexibility index (Phi) is 3.01. The van der Waals surface area contributed by atoms with Gasteiger partial charge in [-0.15, -0.1) is 11.3 Å². The van der Waals surface area contributed by atoms with Gasteiger partial charge >= 0.3 is 0 Å². The molecule has 1 saturated heterocycles. The fourth-order valence-electron chi connectivity index (χ4n) is 3.04. The molecule has 0 bridgehead atoms. The first-order valence-corrected chi connectivity index (χ1v) is 8.31. The number of fused-ring (bicyclic) bond motifs is 3. The summed E-state index contributed by atoms with van der Waals surface area (Å²) in [4.78, 5) is 17.0. The Morgan fingerprint density at radius 3 is 2.71 bits per heavy atom. The number of pyridine rings is 1. The highest BCUT2D eigenvalue weighted by Gasteiger charge is 2.21. The SMILES string of the molecule is Cc1nc2sc3c(N4CCCC4)ncnc3c2c(C)c1Cl. The maximum absolute atomic E-state index is 6.37. The molecule has 0 spiro atoms. The van der Waals surface area contributed by atoms with Crippen molar-refractivity contribution in [3.8, 4) is 0 Å². The number of aryl methyl sites for hydroxylation is 2. The molecule has 0 aliphatic carbocycles. The molecule has 0 saturated carbocycles. The van der Waals surface area contributed by atoms with Crippen molar-refractivity contribution >= 4 is 49.2 Å². The molecule has 108 valence electrons. The number of halogens is 1. The second-order valence-corrected chi connectivity index (χ2v) is 6.86. The Morgan fingerprint density at radius 1 is 1.19 bits per heavy atom. The molecule has 0 N–H and O–H groups in total. The average molecular weight is 319 g/mol. The van der Waals surface area contributed by atoms with Gasteiger partial charge in [0.05, 0.1) is 20.9 Å². The van der Waals surface area contributed by atoms with Crippen molar-refractivity contribution < 1.29 is 0 Å². The fraction of sp³-hybridized carbons (Fsp3) is 0.400. The zero-order valence-electron chi connectivity index (χ0n) is 12.0. The molecule has 4 nitrogen and oxygen atoms in total. The Hall–Kier alpha value is -1.46. The number of thiophene rings is 1. The highest BCUT2D eigenvalue weighted by atomic mass is 35.5. The van der Waals surface area contributed by atoms with Gasteiger partial charge in [-0.05, 0) is 32.3 Å². The van der Waals surface area contributed by atoms with Gasteiger partial charge in [0.1, 0.15) is 17.0 Å². The highest BCUT2D eigenvalue weighted by Crippen LogP contribution is 2.40. The molecule has 0 radical (unpaired) electrons. The molecule has 1 aliphatic heterocycles. The van der Waals surface area contributed by atoms with Crippen LogP contribution in [-0.2, 0) is 0 Å². The summed E-state index contributed by atoms with van der Waals surface area (Å²) in [5, 5.41) is 1.82. The van der Waals surface area contributed by atoms with Crippen molar-refractivity contribution in [2.75, 3.05) is 18.0 Å². The van der Waals surface area contributed by atoms with Crippen LogP contribution in [0.3, 0.4) is 0 Å². The number of nitrogens with zero attached hydrogens (tertiary/aromatic N) is 4. The zero-order chi connectivity index (χ0) is 14.6. The minimum absolute atomic E-state index is 0.739. The normalized spacial score (nSPS) is 15.5. The largest absolute Gasteiger partial charge is 0.355 e. The molecule has 6 heteroatoms. The van der Waals surface area contributed by atoms with Crippen molar-refractivity contribution in [3.63, 3.8) is 0 Å². The number of aromatic nitrogens is 3. The van der Waals surface area contributed by atoms with Crippen molar-refractivity contribution in [1.82, 2.24) is 15.0 Å². The summed E-state index contributed by atoms with van der Waals surface area (Å²) >= 11 is 8.04. The van der Waals surface area contributed by atoms with E-state index < -0.39 is 0 Å². The minimum atomic E-state index is 0.739. The Bertz CT molecular complexity index is 852. The van der Waals surface area contributed by atoms with E-state index in [0.29, 0.717) is 0 Å². The highest BCUT2D eigenvalue weighted by molar-refractivity contribution is 7.26. The van der Waals surface area contributed by atoms with E-state index in [9.17, 15) is 0 Å². The topological polar surface area (TPSA) is 41.9 Å². The van der Waals surface area contributed by atoms with E-state index in [1.54, 1.807) is 17.7 Å². The fourth-order valence-corrected chi connectivity index (χ4v) is 4.43. The first-order chi connectivity index (χ1) is 10.2. The van der Waals surface area contributed by atoms with Gasteiger partial charge in [-0.3, -0.25) is 0 Å². The molecule has 0 amide bonds. The molecule has 0 unspecified atom stereocenters. The van der Waals surface area contributed by atoms with Gasteiger partial charge in [0.2, 0.25) is 0 Å². The third-order valence-electron chi connectivity index (χ3n) is 4.13. The van der Waals surface area contributed by atoms with Crippen LogP contribution in [0, 0.1) is 13.8 Å². The van der Waals surface area contributed by atoms with Crippen LogP contribution in [0.2, 0.25) is 5.02 Å². The second kappa shape index (κ2) is 4.78. The zero-order valence-corrected chi connectivity index (χ0v) is 13.6. The van der Waals surface area contributed by atoms with E-state index >= 15 is 0 Å². The standard InChI is InChI=1S/C15H15ClN4S/c1-8-10-12-13(21-15(10)19-9(2)11(8)16)14(18-7-17-12)20-5-3-4-6-20/h7H,3-6H2,1-2H3. The van der Waals surface area contributed by atoms with Crippen molar-refractivity contribution in [3.05, 3.63) is 22.6 Å². The lowest BCUT2D eigenvalue weighted by Crippen LogP contribution is -2.18. The summed E-state index contributed by atoms with van der Waals surface area (Å²) in [7, 11) is 0. The molecule has 0 atom stereocenters. The van der Waals surface area contributed by atoms with Crippen molar-refractivity contribution in [1.29, 1.82) is 0 Å². The van der Waals surface area contributed by atoms with E-state index in [4.69, 9.17) is 11.6 Å². The van der Waals surface area contributed by atoms with E-state index in [1.807, 2.05) is 13.8 Å². The third-order valence-corrected chi connectivity index (χ3v) is 5.76. The lowest BCUT2D eigenvalue weighted by Gasteiger charge is -2.16. The van der Waals surface area contributed by atoms with Crippen LogP contribution in [0.15, 0.2) is 6.33 Å². The van der Waals surface area contributed by atoms with Gasteiger partial charge in [-0.25, -0.2) is 15.0 Å². The number of hydrogen-bond acceptors (Lipinski definition) is 5. The minimum Gasteiger partial charge on any atom is -0.355 e. The van der Waals surface area contributed by atoms with E-state index in [2.05, 4.69) is 19.9 Å². The Morgan fingerprint density at radius 2 is 1.95 bits per heavy atom. The summed E-state index contributed by atoms with van der Waals surface area (Å²) in [5.41, 5.74) is 2.93. The van der Waals surface area contributed by atoms with Gasteiger partial charge in [0, 0.05) is 18.5 Å². The van der Waals surface area contributed by atoms with Gasteiger partial charge in [-0.1, -0.05) is 11.6 Å². The number of hydrogen-bond donors (Lipinski definition) is 0. The molecular formula is C15H15ClN4S. The van der Waals surface area contributed by atoms with Crippen LogP contribution in [0.25, 0.3) is 20.4 Å². The van der Waals surface area contributed by atoms with Crippen LogP contribution in [0.1, 0.15) is 24.1 Å². The number of rotatable bonds is 1. The molecule has 4 rings (SSSR count). The Balaban J connectivity index is 2.07. The van der Waals surface area contributed by atoms with Crippen molar-refractivity contribution in [2.45, 2.75) is 26.7 Å². The van der Waals surface area contributed by atoms with Crippen LogP contribution < -0.4 is 4.90 Å². The predicted molar refractivity (Wildman–Crippen MR) is 88.6 cm³/mol. The molecule has 21 heavy (non-hydrogen) atoms. The average Bonchev–Trinajstić information content (AvgIpc) is 3.11. The van der Waals surface area contributed by atoms with E-state index in [0.717, 1.165) is 55.6 Å². The first-order valence-electron chi connectivity index (χ1n) is 7.11. The smallest absolute Gasteiger partial charge is 0.150 e. The summed E-state index contributed by atoms with van der Waals surface area (Å²) in [5.74, 6) is 1.05. The molecule has 4 heterocycles. The molecule has 1 aliphatic rings. The van der Waals surface area contributed by atoms with Crippen LogP contribution >= 0.6 is 22.9 Å². The van der Waals surface area contributed by atoms with Crippen LogP contribution in [-0.4, -0.2) is 28.0 Å². The van der Waals surface area contributed by atoms with Gasteiger partial charge in [0.15, 0.2) is 0 Å². The van der Waals surface area contributed by atoms with Gasteiger partial charge < -0.3 is 4.90 Å². The summed E-state index contributed by atoms with van der Waals surface area (Å²) < 4.78 is 1.13. The van der Waals surface area contributed by atoms with Gasteiger partial charge in [0.25, 0.3) is 0 Å². The molecular weight excluding hydrogens is 304 g/mol. The summed E-state index contributed by atoms with van der Waals surface area (Å²) in [6.07, 6.45) is 4.13. The summed E-state index contributed by atoms with van der Waals surface area (Å²) in [6.45, 7) is 6.15. The molecule has 3 aromatic rings. The van der Waals surface area contributed by atoms with Crippen LogP contribution in [0.4, 0.5) is 5.82 Å². The van der Waals surface area contributed by atoms with E-state index in [-0.39, 0.29) is 0 Å². The predicted octanol–water partition coefficient (Wildman–Crippen LogP) is 4.11. The van der Waals surface area contributed by atoms with Gasteiger partial charge in [-0.2, -0.15) is 0 Å². The first kappa shape index (κ1) is 13.2. The lowest BCUT2D eigenvalue weighted by atomic mass is 10.1. The monoisotopic (exact) mass is 318 g/mol. The summed E-state index contributed by atoms with van der Waals surface area (Å²) in [6, 6.07) is 0. The maximum atomic E-state index is 6.37. The van der Waals surface area contributed by atoms with E-state index in [1.165, 1.54) is 12.8 Å². The quantitative estimate of drug-likeness (QED) is 0.677. The molecule has 1 fully saturated rings. The van der Waals surface area contributed by atoms with Crippen LogP contribution in [0.5, 0.6) is 0 Å². The molecule has 0 aromatic carbocycles. The third kappa shape index (κ3) is 1.91. The Labute approximate surface area is 131 Å². The lowest BCUT2D eigenvalue weighted by molar-refractivity contribution is 0.941. The molecule has 3 aromatic heterocycles. The number of anilines is 1. The van der Waals surface area contributed by atoms with Crippen molar-refractivity contribution in [2.24, 2.45) is 0 Å². The maximum Gasteiger partial charge on any atom is 0.150 e.